The number of anilines is 1. The van der Waals surface area contributed by atoms with E-state index in [0.29, 0.717) is 19.0 Å². The Hall–Kier alpha value is -2.96. The third-order valence-corrected chi connectivity index (χ3v) is 5.51. The number of piperidine rings is 1. The lowest BCUT2D eigenvalue weighted by atomic mass is 9.92. The van der Waals surface area contributed by atoms with Crippen LogP contribution in [0.3, 0.4) is 0 Å². The van der Waals surface area contributed by atoms with Gasteiger partial charge in [0.15, 0.2) is 0 Å². The van der Waals surface area contributed by atoms with E-state index in [2.05, 4.69) is 40.2 Å². The molecule has 4 heterocycles. The monoisotopic (exact) mass is 367 g/mol. The summed E-state index contributed by atoms with van der Waals surface area (Å²) in [5.41, 5.74) is 2.02. The maximum atomic E-state index is 12.6. The zero-order valence-corrected chi connectivity index (χ0v) is 15.7. The molecular weight excluding hydrogens is 342 g/mol. The normalized spacial score (nSPS) is 20.0. The van der Waals surface area contributed by atoms with Crippen LogP contribution in [0.5, 0.6) is 0 Å². The number of carbonyl (C=O) groups excluding carboxylic acids is 1. The van der Waals surface area contributed by atoms with Crippen LogP contribution in [-0.4, -0.2) is 47.1 Å². The number of carbonyl (C=O) groups is 1. The molecular formula is C20H25N5O2. The maximum Gasteiger partial charge on any atom is 0.317 e. The second-order valence-corrected chi connectivity index (χ2v) is 7.20. The summed E-state index contributed by atoms with van der Waals surface area (Å²) in [7, 11) is 2.10. The average Bonchev–Trinajstić information content (AvgIpc) is 3.37. The summed E-state index contributed by atoms with van der Waals surface area (Å²) in [5, 5.41) is 4.06. The molecule has 3 aromatic rings. The lowest BCUT2D eigenvalue weighted by Gasteiger charge is -2.42. The number of fused-ring (bicyclic) bond motifs is 1. The van der Waals surface area contributed by atoms with E-state index in [1.807, 2.05) is 35.5 Å². The van der Waals surface area contributed by atoms with Crippen LogP contribution in [0.15, 0.2) is 47.3 Å². The highest BCUT2D eigenvalue weighted by Gasteiger charge is 2.32. The van der Waals surface area contributed by atoms with E-state index in [-0.39, 0.29) is 12.1 Å². The molecule has 0 bridgehead atoms. The van der Waals surface area contributed by atoms with Gasteiger partial charge in [-0.3, -0.25) is 0 Å². The first-order chi connectivity index (χ1) is 13.1. The highest BCUT2D eigenvalue weighted by atomic mass is 16.3. The van der Waals surface area contributed by atoms with Gasteiger partial charge in [-0.25, -0.2) is 9.78 Å². The fraction of sp³-hybridized carbons (Fsp3) is 0.400. The largest absolute Gasteiger partial charge is 0.467 e. The summed E-state index contributed by atoms with van der Waals surface area (Å²) in [5.74, 6) is 1.25. The van der Waals surface area contributed by atoms with Gasteiger partial charge >= 0.3 is 6.03 Å². The number of nitrogens with one attached hydrogen (secondary N) is 2. The molecule has 1 unspecified atom stereocenters. The Labute approximate surface area is 158 Å². The molecule has 1 aliphatic rings. The third kappa shape index (κ3) is 3.49. The van der Waals surface area contributed by atoms with E-state index in [1.54, 1.807) is 6.26 Å². The highest BCUT2D eigenvalue weighted by Crippen LogP contribution is 2.30. The zero-order valence-electron chi connectivity index (χ0n) is 15.7. The van der Waals surface area contributed by atoms with Gasteiger partial charge in [-0.05, 0) is 36.6 Å². The van der Waals surface area contributed by atoms with Gasteiger partial charge in [0, 0.05) is 49.6 Å². The van der Waals surface area contributed by atoms with Crippen molar-refractivity contribution in [2.45, 2.75) is 25.9 Å². The number of aromatic nitrogens is 2. The van der Waals surface area contributed by atoms with Gasteiger partial charge in [-0.15, -0.1) is 0 Å². The topological polar surface area (TPSA) is 77.4 Å². The van der Waals surface area contributed by atoms with Crippen molar-refractivity contribution < 1.29 is 9.21 Å². The fourth-order valence-electron chi connectivity index (χ4n) is 3.86. The number of hydrogen-bond donors (Lipinski definition) is 2. The average molecular weight is 367 g/mol. The predicted molar refractivity (Wildman–Crippen MR) is 105 cm³/mol. The van der Waals surface area contributed by atoms with E-state index in [9.17, 15) is 4.79 Å². The van der Waals surface area contributed by atoms with Gasteiger partial charge in [-0.1, -0.05) is 6.92 Å². The van der Waals surface area contributed by atoms with Crippen LogP contribution in [0.25, 0.3) is 11.0 Å². The SMILES string of the molecule is C[C@@H]1CCN(C(=O)NCc2ccco2)CC1N(C)c1ccnc2[nH]ccc12. The Morgan fingerprint density at radius 3 is 3.15 bits per heavy atom. The minimum Gasteiger partial charge on any atom is -0.467 e. The predicted octanol–water partition coefficient (Wildman–Crippen LogP) is 3.21. The smallest absolute Gasteiger partial charge is 0.317 e. The van der Waals surface area contributed by atoms with Crippen molar-refractivity contribution >= 4 is 22.8 Å². The summed E-state index contributed by atoms with van der Waals surface area (Å²) in [6.07, 6.45) is 6.33. The quantitative estimate of drug-likeness (QED) is 0.742. The summed E-state index contributed by atoms with van der Waals surface area (Å²) < 4.78 is 5.29. The molecule has 0 aromatic carbocycles. The summed E-state index contributed by atoms with van der Waals surface area (Å²) in [6.45, 7) is 4.13. The van der Waals surface area contributed by atoms with Gasteiger partial charge in [0.1, 0.15) is 11.4 Å². The van der Waals surface area contributed by atoms with Gasteiger partial charge in [-0.2, -0.15) is 0 Å². The number of furan rings is 1. The van der Waals surface area contributed by atoms with Crippen molar-refractivity contribution in [3.8, 4) is 0 Å². The highest BCUT2D eigenvalue weighted by molar-refractivity contribution is 5.89. The van der Waals surface area contributed by atoms with Crippen LogP contribution in [0.1, 0.15) is 19.1 Å². The zero-order chi connectivity index (χ0) is 18.8. The van der Waals surface area contributed by atoms with Crippen molar-refractivity contribution in [3.05, 3.63) is 48.7 Å². The fourth-order valence-corrected chi connectivity index (χ4v) is 3.86. The van der Waals surface area contributed by atoms with Gasteiger partial charge in [0.05, 0.1) is 12.8 Å². The molecule has 4 rings (SSSR count). The van der Waals surface area contributed by atoms with E-state index < -0.39 is 0 Å². The molecule has 7 nitrogen and oxygen atoms in total. The van der Waals surface area contributed by atoms with Crippen LogP contribution in [0.4, 0.5) is 10.5 Å². The van der Waals surface area contributed by atoms with E-state index in [4.69, 9.17) is 4.42 Å². The summed E-state index contributed by atoms with van der Waals surface area (Å²) in [4.78, 5) is 24.3. The van der Waals surface area contributed by atoms with E-state index >= 15 is 0 Å². The van der Waals surface area contributed by atoms with Crippen LogP contribution in [-0.2, 0) is 6.54 Å². The number of rotatable bonds is 4. The van der Waals surface area contributed by atoms with Crippen LogP contribution >= 0.6 is 0 Å². The number of hydrogen-bond acceptors (Lipinski definition) is 4. The molecule has 27 heavy (non-hydrogen) atoms. The maximum absolute atomic E-state index is 12.6. The molecule has 1 fully saturated rings. The van der Waals surface area contributed by atoms with Gasteiger partial charge in [0.25, 0.3) is 0 Å². The van der Waals surface area contributed by atoms with Crippen molar-refractivity contribution in [2.75, 3.05) is 25.0 Å². The first-order valence-corrected chi connectivity index (χ1v) is 9.33. The molecule has 3 aromatic heterocycles. The molecule has 1 saturated heterocycles. The minimum absolute atomic E-state index is 0.0433. The molecule has 0 radical (unpaired) electrons. The molecule has 0 aliphatic carbocycles. The number of aromatic amines is 1. The number of H-pyrrole nitrogens is 1. The van der Waals surface area contributed by atoms with Crippen molar-refractivity contribution in [2.24, 2.45) is 5.92 Å². The molecule has 142 valence electrons. The standard InChI is InChI=1S/C20H25N5O2/c1-14-7-10-25(20(26)23-12-15-4-3-11-27-15)13-18(14)24(2)17-6-9-22-19-16(17)5-8-21-19/h3-6,8-9,11,14,18H,7,10,12-13H2,1-2H3,(H,21,22)(H,23,26)/t14-,18?/m1/s1. The van der Waals surface area contributed by atoms with Gasteiger partial charge in [0.2, 0.25) is 0 Å². The molecule has 2 atom stereocenters. The van der Waals surface area contributed by atoms with Crippen molar-refractivity contribution in [1.82, 2.24) is 20.2 Å². The van der Waals surface area contributed by atoms with Crippen molar-refractivity contribution in [3.63, 3.8) is 0 Å². The van der Waals surface area contributed by atoms with Crippen molar-refractivity contribution in [1.29, 1.82) is 0 Å². The molecule has 0 spiro atoms. The van der Waals surface area contributed by atoms with E-state index in [1.165, 1.54) is 0 Å². The molecule has 2 N–H and O–H groups in total. The van der Waals surface area contributed by atoms with Crippen LogP contribution in [0, 0.1) is 5.92 Å². The Bertz CT molecular complexity index is 904. The number of nitrogens with zero attached hydrogens (tertiary/aromatic N) is 3. The number of pyridine rings is 1. The lowest BCUT2D eigenvalue weighted by molar-refractivity contribution is 0.160. The Balaban J connectivity index is 1.47. The third-order valence-electron chi connectivity index (χ3n) is 5.51. The Kier molecular flexibility index (Phi) is 4.75. The van der Waals surface area contributed by atoms with Gasteiger partial charge < -0.3 is 24.5 Å². The number of likely N-dealkylation sites (N-methyl/N-ethyl adjacent to an activating group) is 1. The summed E-state index contributed by atoms with van der Waals surface area (Å²) in [6, 6.07) is 7.98. The second-order valence-electron chi connectivity index (χ2n) is 7.20. The first kappa shape index (κ1) is 17.5. The Morgan fingerprint density at radius 1 is 1.44 bits per heavy atom. The molecule has 2 amide bonds. The number of likely N-dealkylation sites (tertiary alicyclic amines) is 1. The molecule has 0 saturated carbocycles. The minimum atomic E-state index is -0.0433. The second kappa shape index (κ2) is 7.34. The number of urea groups is 1. The van der Waals surface area contributed by atoms with Crippen LogP contribution < -0.4 is 10.2 Å². The molecule has 7 heteroatoms. The van der Waals surface area contributed by atoms with Crippen LogP contribution in [0.2, 0.25) is 0 Å². The lowest BCUT2D eigenvalue weighted by Crippen LogP contribution is -2.54. The molecule has 1 aliphatic heterocycles. The Morgan fingerprint density at radius 2 is 2.33 bits per heavy atom. The van der Waals surface area contributed by atoms with E-state index in [0.717, 1.165) is 35.4 Å². The summed E-state index contributed by atoms with van der Waals surface area (Å²) >= 11 is 0. The first-order valence-electron chi connectivity index (χ1n) is 9.33. The number of amides is 2.